The molecule has 3 aromatic carbocycles. The lowest BCUT2D eigenvalue weighted by Gasteiger charge is -2.24. The number of carboxylic acids is 1. The molecule has 40 heavy (non-hydrogen) atoms. The van der Waals surface area contributed by atoms with E-state index in [1.54, 1.807) is 0 Å². The van der Waals surface area contributed by atoms with Crippen LogP contribution in [0.1, 0.15) is 37.8 Å². The molecule has 5 rings (SSSR count). The van der Waals surface area contributed by atoms with E-state index in [1.807, 2.05) is 83.8 Å². The van der Waals surface area contributed by atoms with Crippen LogP contribution in [0.2, 0.25) is 0 Å². The number of allylic oxidation sites excluding steroid dienone is 1. The van der Waals surface area contributed by atoms with Gasteiger partial charge in [0.15, 0.2) is 5.70 Å². The molecular formula is C31H32N6O3. The molecule has 0 saturated carbocycles. The van der Waals surface area contributed by atoms with Crippen molar-refractivity contribution < 1.29 is 14.7 Å². The highest BCUT2D eigenvalue weighted by Gasteiger charge is 2.36. The largest absolute Gasteiger partial charge is 0.477 e. The summed E-state index contributed by atoms with van der Waals surface area (Å²) in [5, 5.41) is 24.6. The Kier molecular flexibility index (Phi) is 8.00. The number of carbonyl (C=O) groups is 2. The molecule has 2 N–H and O–H groups in total. The van der Waals surface area contributed by atoms with Crippen molar-refractivity contribution in [2.45, 2.75) is 39.7 Å². The number of aliphatic carboxylic acids is 1. The first-order valence-corrected chi connectivity index (χ1v) is 13.4. The molecule has 0 aliphatic carbocycles. The number of H-pyrrole nitrogens is 1. The van der Waals surface area contributed by atoms with Gasteiger partial charge in [0.1, 0.15) is 0 Å². The van der Waals surface area contributed by atoms with Crippen LogP contribution in [-0.2, 0) is 22.6 Å². The van der Waals surface area contributed by atoms with Crippen LogP contribution in [0, 0.1) is 5.92 Å². The van der Waals surface area contributed by atoms with Gasteiger partial charge in [-0.3, -0.25) is 9.69 Å². The SMILES string of the molecule is CC(C)CCC1=C(C(=O)O)N(C(=O)Cc2ccccc2)CN1Cc1ccc(-c2ccccc2-c2nn[nH]n2)cc1. The zero-order valence-electron chi connectivity index (χ0n) is 22.6. The summed E-state index contributed by atoms with van der Waals surface area (Å²) in [6, 6.07) is 25.5. The summed E-state index contributed by atoms with van der Waals surface area (Å²) in [4.78, 5) is 29.2. The number of nitrogens with one attached hydrogen (secondary N) is 1. The van der Waals surface area contributed by atoms with Gasteiger partial charge in [-0.2, -0.15) is 5.21 Å². The fourth-order valence-electron chi connectivity index (χ4n) is 5.00. The molecule has 0 spiro atoms. The number of aromatic nitrogens is 4. The lowest BCUT2D eigenvalue weighted by atomic mass is 9.98. The van der Waals surface area contributed by atoms with Crippen molar-refractivity contribution in [2.24, 2.45) is 5.92 Å². The quantitative estimate of drug-likeness (QED) is 0.289. The highest BCUT2D eigenvalue weighted by Crippen LogP contribution is 2.33. The molecule has 1 aliphatic rings. The molecule has 0 bridgehead atoms. The van der Waals surface area contributed by atoms with Crippen molar-refractivity contribution in [1.82, 2.24) is 30.4 Å². The van der Waals surface area contributed by atoms with Gasteiger partial charge in [-0.15, -0.1) is 10.2 Å². The summed E-state index contributed by atoms with van der Waals surface area (Å²) < 4.78 is 0. The molecule has 2 heterocycles. The molecule has 9 nitrogen and oxygen atoms in total. The van der Waals surface area contributed by atoms with E-state index >= 15 is 0 Å². The van der Waals surface area contributed by atoms with Gasteiger partial charge in [0.2, 0.25) is 11.7 Å². The lowest BCUT2D eigenvalue weighted by Crippen LogP contribution is -2.35. The zero-order valence-corrected chi connectivity index (χ0v) is 22.6. The predicted molar refractivity (Wildman–Crippen MR) is 151 cm³/mol. The maximum Gasteiger partial charge on any atom is 0.354 e. The van der Waals surface area contributed by atoms with E-state index in [2.05, 4.69) is 34.5 Å². The molecule has 1 amide bonds. The van der Waals surface area contributed by atoms with Crippen LogP contribution in [-0.4, -0.2) is 54.1 Å². The number of carbonyl (C=O) groups excluding carboxylic acids is 1. The minimum absolute atomic E-state index is 0.0900. The van der Waals surface area contributed by atoms with Crippen LogP contribution in [0.15, 0.2) is 90.3 Å². The van der Waals surface area contributed by atoms with Gasteiger partial charge in [0.05, 0.1) is 13.1 Å². The second-order valence-corrected chi connectivity index (χ2v) is 10.3. The maximum absolute atomic E-state index is 13.3. The summed E-state index contributed by atoms with van der Waals surface area (Å²) in [6.45, 7) is 4.93. The van der Waals surface area contributed by atoms with Gasteiger partial charge >= 0.3 is 5.97 Å². The Morgan fingerprint density at radius 2 is 1.62 bits per heavy atom. The molecule has 1 aliphatic heterocycles. The van der Waals surface area contributed by atoms with Crippen LogP contribution in [0.4, 0.5) is 0 Å². The average Bonchev–Trinajstić information content (AvgIpc) is 3.62. The molecule has 0 atom stereocenters. The third-order valence-electron chi connectivity index (χ3n) is 7.05. The third kappa shape index (κ3) is 5.93. The number of nitrogens with zero attached hydrogens (tertiary/aromatic N) is 5. The van der Waals surface area contributed by atoms with E-state index in [-0.39, 0.29) is 24.7 Å². The fraction of sp³-hybridized carbons (Fsp3) is 0.258. The molecule has 0 fully saturated rings. The number of hydrogen-bond donors (Lipinski definition) is 2. The van der Waals surface area contributed by atoms with Crippen molar-refractivity contribution in [3.8, 4) is 22.5 Å². The van der Waals surface area contributed by atoms with Crippen LogP contribution >= 0.6 is 0 Å². The third-order valence-corrected chi connectivity index (χ3v) is 7.05. The summed E-state index contributed by atoms with van der Waals surface area (Å²) in [6.07, 6.45) is 1.57. The Balaban J connectivity index is 1.40. The van der Waals surface area contributed by atoms with Crippen LogP contribution < -0.4 is 0 Å². The molecular weight excluding hydrogens is 504 g/mol. The number of carboxylic acid groups (broad SMARTS) is 1. The van der Waals surface area contributed by atoms with Crippen LogP contribution in [0.25, 0.3) is 22.5 Å². The van der Waals surface area contributed by atoms with Gasteiger partial charge in [-0.25, -0.2) is 4.79 Å². The first-order chi connectivity index (χ1) is 19.4. The molecule has 204 valence electrons. The number of aromatic amines is 1. The number of tetrazole rings is 1. The summed E-state index contributed by atoms with van der Waals surface area (Å²) in [5.41, 5.74) is 5.54. The standard InChI is InChI=1S/C31H32N6O3/c1-21(2)12-17-27-29(31(39)40)37(28(38)18-22-8-4-3-5-9-22)20-36(27)19-23-13-15-24(16-14-23)25-10-6-7-11-26(25)30-32-34-35-33-30/h3-11,13-16,21H,12,17-20H2,1-2H3,(H,39,40)(H,32,33,34,35). The van der Waals surface area contributed by atoms with E-state index in [1.165, 1.54) is 4.90 Å². The molecule has 9 heteroatoms. The number of rotatable bonds is 10. The molecule has 0 saturated heterocycles. The number of amides is 1. The topological polar surface area (TPSA) is 115 Å². The van der Waals surface area contributed by atoms with Crippen LogP contribution in [0.3, 0.4) is 0 Å². The first kappa shape index (κ1) is 26.8. The first-order valence-electron chi connectivity index (χ1n) is 13.4. The Morgan fingerprint density at radius 3 is 2.27 bits per heavy atom. The zero-order chi connectivity index (χ0) is 28.1. The van der Waals surface area contributed by atoms with Gasteiger partial charge in [-0.05, 0) is 46.2 Å². The fourth-order valence-corrected chi connectivity index (χ4v) is 5.00. The average molecular weight is 537 g/mol. The van der Waals surface area contributed by atoms with E-state index in [0.29, 0.717) is 30.4 Å². The minimum atomic E-state index is -1.07. The van der Waals surface area contributed by atoms with Gasteiger partial charge in [0, 0.05) is 17.8 Å². The van der Waals surface area contributed by atoms with Gasteiger partial charge in [-0.1, -0.05) is 92.7 Å². The van der Waals surface area contributed by atoms with E-state index in [4.69, 9.17) is 0 Å². The van der Waals surface area contributed by atoms with Gasteiger partial charge in [0.25, 0.3) is 0 Å². The van der Waals surface area contributed by atoms with Crippen molar-refractivity contribution >= 4 is 11.9 Å². The van der Waals surface area contributed by atoms with Crippen molar-refractivity contribution in [3.63, 3.8) is 0 Å². The summed E-state index contributed by atoms with van der Waals surface area (Å²) >= 11 is 0. The maximum atomic E-state index is 13.3. The van der Waals surface area contributed by atoms with Crippen LogP contribution in [0.5, 0.6) is 0 Å². The van der Waals surface area contributed by atoms with Gasteiger partial charge < -0.3 is 10.0 Å². The van der Waals surface area contributed by atoms with E-state index in [9.17, 15) is 14.7 Å². The van der Waals surface area contributed by atoms with Crippen molar-refractivity contribution in [1.29, 1.82) is 0 Å². The highest BCUT2D eigenvalue weighted by molar-refractivity contribution is 5.94. The molecule has 0 radical (unpaired) electrons. The molecule has 4 aromatic rings. The summed E-state index contributed by atoms with van der Waals surface area (Å²) in [7, 11) is 0. The Bertz CT molecular complexity index is 1500. The normalized spacial score (nSPS) is 13.4. The Hall–Kier alpha value is -4.79. The number of hydrogen-bond acceptors (Lipinski definition) is 6. The Morgan fingerprint density at radius 1 is 0.925 bits per heavy atom. The van der Waals surface area contributed by atoms with Crippen molar-refractivity contribution in [3.05, 3.63) is 101 Å². The summed E-state index contributed by atoms with van der Waals surface area (Å²) in [5.74, 6) is -0.368. The Labute approximate surface area is 233 Å². The minimum Gasteiger partial charge on any atom is -0.477 e. The van der Waals surface area contributed by atoms with Crippen molar-refractivity contribution in [2.75, 3.05) is 6.67 Å². The number of benzene rings is 3. The predicted octanol–water partition coefficient (Wildman–Crippen LogP) is 5.11. The second-order valence-electron chi connectivity index (χ2n) is 10.3. The molecule has 1 aromatic heterocycles. The monoisotopic (exact) mass is 536 g/mol. The van der Waals surface area contributed by atoms with E-state index in [0.717, 1.165) is 34.2 Å². The van der Waals surface area contributed by atoms with E-state index < -0.39 is 5.97 Å². The smallest absolute Gasteiger partial charge is 0.354 e. The molecule has 0 unspecified atom stereocenters. The highest BCUT2D eigenvalue weighted by atomic mass is 16.4. The lowest BCUT2D eigenvalue weighted by molar-refractivity contribution is -0.139. The second kappa shape index (κ2) is 11.9.